The normalized spacial score (nSPS) is 11.8. The maximum absolute atomic E-state index is 11.2. The number of primary sulfonamides is 2. The number of aromatic nitrogens is 3. The Kier molecular flexibility index (Phi) is 21.5. The number of sulfonamides is 2. The molecule has 1 aliphatic heterocycles. The number of anilines is 5. The Balaban J connectivity index is 0.000000405. The van der Waals surface area contributed by atoms with Gasteiger partial charge in [-0.1, -0.05) is 38.6 Å². The third kappa shape index (κ3) is 17.1. The van der Waals surface area contributed by atoms with E-state index in [1.165, 1.54) is 83.3 Å². The number of alkyl halides is 1. The van der Waals surface area contributed by atoms with Crippen LogP contribution in [0.3, 0.4) is 0 Å². The summed E-state index contributed by atoms with van der Waals surface area (Å²) in [4.78, 5) is 25.4. The molecule has 1 saturated heterocycles. The van der Waals surface area contributed by atoms with Crippen LogP contribution in [0.15, 0.2) is 63.7 Å². The number of aryl methyl sites for hydroxylation is 2. The first-order valence-corrected chi connectivity index (χ1v) is 22.2. The smallest absolute Gasteiger partial charge is 0.870 e. The molecule has 0 spiro atoms. The second-order valence-electron chi connectivity index (χ2n) is 10.6. The van der Waals surface area contributed by atoms with Crippen molar-refractivity contribution in [3.05, 3.63) is 70.2 Å². The topological polar surface area (TPSA) is 317 Å². The first-order valence-electron chi connectivity index (χ1n) is 15.0. The second-order valence-corrected chi connectivity index (χ2v) is 17.6. The van der Waals surface area contributed by atoms with Crippen molar-refractivity contribution in [3.8, 4) is 10.6 Å². The molecule has 2 aromatic carbocycles. The van der Waals surface area contributed by atoms with E-state index in [-0.39, 0.29) is 55.7 Å². The van der Waals surface area contributed by atoms with Crippen LogP contribution in [0, 0.1) is 13.8 Å². The fraction of sp³-hybridized carbons (Fsp3) is 0.233. The van der Waals surface area contributed by atoms with Crippen LogP contribution in [0.4, 0.5) is 26.8 Å². The van der Waals surface area contributed by atoms with Crippen molar-refractivity contribution in [2.45, 2.75) is 36.5 Å². The number of Topliss-reactive ketones (excluding diaryl/α,β-unsaturated/α-hetero) is 1. The van der Waals surface area contributed by atoms with Crippen molar-refractivity contribution in [2.24, 2.45) is 16.0 Å². The number of nitrogens with zero attached hydrogens (tertiary/aromatic N) is 3. The van der Waals surface area contributed by atoms with Gasteiger partial charge in [0.15, 0.2) is 26.3 Å². The molecule has 0 unspecified atom stereocenters. The Morgan fingerprint density at radius 1 is 0.855 bits per heavy atom. The van der Waals surface area contributed by atoms with E-state index >= 15 is 0 Å². The third-order valence-electron chi connectivity index (χ3n) is 6.45. The maximum atomic E-state index is 11.2. The molecule has 0 saturated carbocycles. The SMILES string of the molecule is C1CCOC1.Cc1nc(N)sc1-c1csc(Nc2ccc(S(N)(=O)=O)cc2)n1.Cc1nc(N)sc1C(=O)CBr.NC(=S)Nc1ccc(S(N)(=O)=O)cc1.[Na+].[OH-]. The second kappa shape index (κ2) is 23.5. The minimum atomic E-state index is -3.69. The number of nitrogens with two attached hydrogens (primary N) is 5. The fourth-order valence-electron chi connectivity index (χ4n) is 4.06. The quantitative estimate of drug-likeness (QED) is 0.0505. The Bertz CT molecular complexity index is 2210. The van der Waals surface area contributed by atoms with Crippen molar-refractivity contribution in [2.75, 3.05) is 40.6 Å². The van der Waals surface area contributed by atoms with Gasteiger partial charge in [0.2, 0.25) is 20.0 Å². The average molecular weight is 946 g/mol. The molecule has 0 aliphatic carbocycles. The number of nitrogen functional groups attached to an aromatic ring is 2. The van der Waals surface area contributed by atoms with E-state index in [9.17, 15) is 21.6 Å². The number of carbonyl (C=O) groups is 1. The predicted octanol–water partition coefficient (Wildman–Crippen LogP) is 1.77. The molecule has 17 nitrogen and oxygen atoms in total. The number of rotatable bonds is 8. The van der Waals surface area contributed by atoms with E-state index in [2.05, 4.69) is 53.7 Å². The van der Waals surface area contributed by atoms with Gasteiger partial charge in [0.05, 0.1) is 42.0 Å². The molecular weight excluding hydrogens is 908 g/mol. The van der Waals surface area contributed by atoms with Crippen molar-refractivity contribution in [1.29, 1.82) is 0 Å². The summed E-state index contributed by atoms with van der Waals surface area (Å²) >= 11 is 11.8. The molecule has 4 heterocycles. The number of thiazole rings is 3. The summed E-state index contributed by atoms with van der Waals surface area (Å²) in [6.45, 7) is 5.67. The van der Waals surface area contributed by atoms with Crippen LogP contribution in [-0.2, 0) is 24.8 Å². The van der Waals surface area contributed by atoms with Crippen LogP contribution in [0.1, 0.15) is 33.9 Å². The molecule has 0 atom stereocenters. The Labute approximate surface area is 366 Å². The number of thiocarbonyl (C=S) groups is 1. The van der Waals surface area contributed by atoms with Gasteiger partial charge in [-0.15, -0.1) is 11.3 Å². The van der Waals surface area contributed by atoms with Crippen molar-refractivity contribution in [3.63, 3.8) is 0 Å². The van der Waals surface area contributed by atoms with E-state index in [4.69, 9.17) is 32.2 Å². The average Bonchev–Trinajstić information content (AvgIpc) is 3.91. The number of carbonyl (C=O) groups excluding carboxylic acids is 1. The van der Waals surface area contributed by atoms with Gasteiger partial charge in [0.25, 0.3) is 0 Å². The van der Waals surface area contributed by atoms with E-state index < -0.39 is 20.0 Å². The van der Waals surface area contributed by atoms with E-state index in [1.54, 1.807) is 19.1 Å². The first kappa shape index (κ1) is 50.3. The van der Waals surface area contributed by atoms with E-state index in [1.807, 2.05) is 12.3 Å². The standard InChI is InChI=1S/C13H13N5O2S3.C7H9N3O2S2.C6H7BrN2OS.C4H8O.Na.H2O/c1-7-11(22-12(14)16-7)10-6-21-13(18-10)17-8-2-4-9(5-3-8)23(15,19)20;8-7(13)10-5-1-3-6(4-2-5)14(9,11)12;1-3-5(4(10)2-7)11-6(8)9-3;1-2-4-5-3-1;;/h2-6H,1H3,(H2,14,16)(H,17,18)(H2,15,19,20);1-4H,(H3,8,10,13)(H2,9,11,12);2H2,1H3,(H2,8,9);1-4H2;;1H2/q;;;;+1;/p-1. The Morgan fingerprint density at radius 3 is 1.73 bits per heavy atom. The molecule has 3 aromatic heterocycles. The number of ether oxygens (including phenoxy) is 1. The van der Waals surface area contributed by atoms with E-state index in [0.29, 0.717) is 31.3 Å². The summed E-state index contributed by atoms with van der Waals surface area (Å²) in [6, 6.07) is 12.0. The molecule has 0 amide bonds. The summed E-state index contributed by atoms with van der Waals surface area (Å²) in [5, 5.41) is 19.8. The van der Waals surface area contributed by atoms with Crippen LogP contribution in [0.2, 0.25) is 0 Å². The minimum absolute atomic E-state index is 0. The first-order chi connectivity index (χ1) is 24.9. The van der Waals surface area contributed by atoms with Gasteiger partial charge in [-0.3, -0.25) is 4.79 Å². The summed E-state index contributed by atoms with van der Waals surface area (Å²) in [5.41, 5.74) is 20.1. The van der Waals surface area contributed by atoms with Gasteiger partial charge in [-0.2, -0.15) is 0 Å². The van der Waals surface area contributed by atoms with Gasteiger partial charge in [0.1, 0.15) is 0 Å². The van der Waals surface area contributed by atoms with Crippen LogP contribution in [0.5, 0.6) is 0 Å². The number of nitrogens with one attached hydrogen (secondary N) is 2. The molecule has 0 radical (unpaired) electrons. The molecule has 55 heavy (non-hydrogen) atoms. The number of benzene rings is 2. The van der Waals surface area contributed by atoms with Crippen molar-refractivity contribution in [1.82, 2.24) is 15.0 Å². The van der Waals surface area contributed by atoms with Crippen LogP contribution >= 0.6 is 62.2 Å². The summed E-state index contributed by atoms with van der Waals surface area (Å²) in [6.07, 6.45) is 2.56. The van der Waals surface area contributed by atoms with Crippen LogP contribution in [-0.4, -0.2) is 66.7 Å². The molecular formula is C30H38BrN10NaO7S6. The zero-order valence-corrected chi connectivity index (χ0v) is 38.2. The van der Waals surface area contributed by atoms with Crippen molar-refractivity contribution < 1.29 is 61.4 Å². The molecule has 5 aromatic rings. The number of halogens is 1. The predicted molar refractivity (Wildman–Crippen MR) is 223 cm³/mol. The number of ketones is 1. The summed E-state index contributed by atoms with van der Waals surface area (Å²) in [5.74, 6) is 0.0386. The van der Waals surface area contributed by atoms with Crippen LogP contribution < -0.4 is 67.7 Å². The maximum Gasteiger partial charge on any atom is 1.00 e. The fourth-order valence-corrected chi connectivity index (χ4v) is 8.04. The van der Waals surface area contributed by atoms with E-state index in [0.717, 1.165) is 40.9 Å². The van der Waals surface area contributed by atoms with Crippen molar-refractivity contribution >= 4 is 120 Å². The number of hydrogen-bond acceptors (Lipinski definition) is 17. The zero-order valence-electron chi connectivity index (χ0n) is 29.7. The molecule has 1 aliphatic rings. The Hall–Kier alpha value is -2.69. The summed E-state index contributed by atoms with van der Waals surface area (Å²) < 4.78 is 49.1. The third-order valence-corrected chi connectivity index (χ3v) is 11.7. The van der Waals surface area contributed by atoms with Gasteiger partial charge >= 0.3 is 29.6 Å². The van der Waals surface area contributed by atoms with Gasteiger partial charge < -0.3 is 38.0 Å². The van der Waals surface area contributed by atoms with Gasteiger partial charge in [-0.05, 0) is 87.4 Å². The Morgan fingerprint density at radius 2 is 1.35 bits per heavy atom. The van der Waals surface area contributed by atoms with Crippen LogP contribution in [0.25, 0.3) is 10.6 Å². The largest absolute Gasteiger partial charge is 1.00 e. The van der Waals surface area contributed by atoms with Gasteiger partial charge in [0, 0.05) is 30.0 Å². The number of hydrogen-bond donors (Lipinski definition) is 7. The summed E-state index contributed by atoms with van der Waals surface area (Å²) in [7, 11) is -7.32. The zero-order chi connectivity index (χ0) is 39.3. The molecule has 294 valence electrons. The molecule has 6 rings (SSSR count). The molecule has 13 N–H and O–H groups in total. The van der Waals surface area contributed by atoms with Gasteiger partial charge in [-0.25, -0.2) is 42.1 Å². The molecule has 1 fully saturated rings. The molecule has 25 heteroatoms. The minimum Gasteiger partial charge on any atom is -0.870 e. The monoisotopic (exact) mass is 944 g/mol. The molecule has 0 bridgehead atoms.